The van der Waals surface area contributed by atoms with Crippen molar-refractivity contribution in [2.45, 2.75) is 37.8 Å². The maximum atomic E-state index is 12.7. The van der Waals surface area contributed by atoms with Crippen molar-refractivity contribution in [3.63, 3.8) is 0 Å². The number of piperidine rings is 1. The van der Waals surface area contributed by atoms with Crippen LogP contribution in [-0.4, -0.2) is 40.4 Å². The average molecular weight is 320 g/mol. The molecule has 0 radical (unpaired) electrons. The first kappa shape index (κ1) is 14.6. The van der Waals surface area contributed by atoms with Crippen LogP contribution >= 0.6 is 11.3 Å². The molecule has 0 bridgehead atoms. The number of nitrogens with one attached hydrogen (secondary N) is 1. The van der Waals surface area contributed by atoms with Crippen molar-refractivity contribution < 1.29 is 18.0 Å². The highest BCUT2D eigenvalue weighted by atomic mass is 32.1. The van der Waals surface area contributed by atoms with Crippen molar-refractivity contribution in [1.29, 1.82) is 0 Å². The van der Waals surface area contributed by atoms with Gasteiger partial charge in [0.2, 0.25) is 5.13 Å². The van der Waals surface area contributed by atoms with E-state index in [4.69, 9.17) is 0 Å². The molecule has 1 aliphatic carbocycles. The van der Waals surface area contributed by atoms with Crippen LogP contribution in [0.1, 0.15) is 36.6 Å². The van der Waals surface area contributed by atoms with Crippen LogP contribution in [0.5, 0.6) is 0 Å². The molecular formula is C12H15F3N4OS. The Balaban J connectivity index is 1.58. The first-order valence-corrected chi connectivity index (χ1v) is 7.71. The van der Waals surface area contributed by atoms with E-state index in [-0.39, 0.29) is 13.0 Å². The summed E-state index contributed by atoms with van der Waals surface area (Å²) in [4.78, 5) is 13.2. The van der Waals surface area contributed by atoms with Crippen LogP contribution in [0.25, 0.3) is 0 Å². The summed E-state index contributed by atoms with van der Waals surface area (Å²) in [6, 6.07) is -0.526. The Kier molecular flexibility index (Phi) is 3.76. The Labute approximate surface area is 123 Å². The number of likely N-dealkylation sites (tertiary alicyclic amines) is 1. The molecule has 3 rings (SSSR count). The van der Waals surface area contributed by atoms with Gasteiger partial charge < -0.3 is 4.90 Å². The van der Waals surface area contributed by atoms with Gasteiger partial charge in [-0.05, 0) is 25.7 Å². The lowest BCUT2D eigenvalue weighted by Gasteiger charge is -2.33. The molecule has 1 atom stereocenters. The molecule has 0 spiro atoms. The molecule has 9 heteroatoms. The van der Waals surface area contributed by atoms with Gasteiger partial charge in [-0.2, -0.15) is 13.2 Å². The molecule has 2 heterocycles. The highest BCUT2D eigenvalue weighted by Crippen LogP contribution is 2.42. The number of rotatable bonds is 2. The molecule has 1 saturated carbocycles. The number of carbonyl (C=O) groups excluding carboxylic acids is 1. The predicted octanol–water partition coefficient (Wildman–Crippen LogP) is 3.22. The minimum Gasteiger partial charge on any atom is -0.324 e. The fourth-order valence-corrected chi connectivity index (χ4v) is 3.28. The number of alkyl halides is 3. The summed E-state index contributed by atoms with van der Waals surface area (Å²) < 4.78 is 38.2. The fourth-order valence-electron chi connectivity index (χ4n) is 2.38. The van der Waals surface area contributed by atoms with E-state index in [0.717, 1.165) is 17.8 Å². The highest BCUT2D eigenvalue weighted by molar-refractivity contribution is 7.15. The van der Waals surface area contributed by atoms with E-state index in [0.29, 0.717) is 24.0 Å². The van der Waals surface area contributed by atoms with E-state index in [1.807, 2.05) is 0 Å². The van der Waals surface area contributed by atoms with Crippen LogP contribution in [0, 0.1) is 5.92 Å². The molecule has 2 fully saturated rings. The molecule has 1 aromatic heterocycles. The molecule has 116 valence electrons. The number of halogens is 3. The van der Waals surface area contributed by atoms with Crippen molar-refractivity contribution >= 4 is 22.5 Å². The zero-order valence-corrected chi connectivity index (χ0v) is 12.0. The Hall–Kier alpha value is -1.38. The molecule has 5 nitrogen and oxygen atoms in total. The SMILES string of the molecule is O=C(Nc1nnc(C2CC2)s1)N1CCC[C@H](C(F)(F)F)C1. The number of carbonyl (C=O) groups is 1. The molecule has 2 amide bonds. The topological polar surface area (TPSA) is 58.1 Å². The smallest absolute Gasteiger partial charge is 0.324 e. The second kappa shape index (κ2) is 5.43. The summed E-state index contributed by atoms with van der Waals surface area (Å²) >= 11 is 1.30. The van der Waals surface area contributed by atoms with E-state index in [2.05, 4.69) is 15.5 Å². The summed E-state index contributed by atoms with van der Waals surface area (Å²) in [7, 11) is 0. The van der Waals surface area contributed by atoms with Crippen LogP contribution in [0.4, 0.5) is 23.1 Å². The second-order valence-corrected chi connectivity index (χ2v) is 6.49. The van der Waals surface area contributed by atoms with Gasteiger partial charge in [0.25, 0.3) is 0 Å². The third kappa shape index (κ3) is 3.45. The molecule has 21 heavy (non-hydrogen) atoms. The molecule has 2 aliphatic rings. The number of nitrogens with zero attached hydrogens (tertiary/aromatic N) is 3. The number of urea groups is 1. The highest BCUT2D eigenvalue weighted by Gasteiger charge is 2.42. The van der Waals surface area contributed by atoms with Gasteiger partial charge >= 0.3 is 12.2 Å². The van der Waals surface area contributed by atoms with Crippen LogP contribution in [0.15, 0.2) is 0 Å². The quantitative estimate of drug-likeness (QED) is 0.910. The molecular weight excluding hydrogens is 305 g/mol. The largest absolute Gasteiger partial charge is 0.393 e. The van der Waals surface area contributed by atoms with E-state index >= 15 is 0 Å². The van der Waals surface area contributed by atoms with Crippen molar-refractivity contribution in [3.8, 4) is 0 Å². The normalized spacial score (nSPS) is 23.2. The molecule has 1 N–H and O–H groups in total. The summed E-state index contributed by atoms with van der Waals surface area (Å²) in [6.45, 7) is 0.0519. The van der Waals surface area contributed by atoms with Crippen LogP contribution in [-0.2, 0) is 0 Å². The van der Waals surface area contributed by atoms with E-state index in [9.17, 15) is 18.0 Å². The van der Waals surface area contributed by atoms with Gasteiger partial charge in [0.15, 0.2) is 0 Å². The molecule has 1 saturated heterocycles. The lowest BCUT2D eigenvalue weighted by molar-refractivity contribution is -0.183. The molecule has 0 aromatic carbocycles. The summed E-state index contributed by atoms with van der Waals surface area (Å²) in [5.74, 6) is -0.994. The lowest BCUT2D eigenvalue weighted by atomic mass is 9.98. The van der Waals surface area contributed by atoms with Gasteiger partial charge in [0, 0.05) is 19.0 Å². The van der Waals surface area contributed by atoms with E-state index in [1.165, 1.54) is 16.2 Å². The average Bonchev–Trinajstić information content (AvgIpc) is 3.19. The van der Waals surface area contributed by atoms with Gasteiger partial charge in [-0.3, -0.25) is 5.32 Å². The van der Waals surface area contributed by atoms with Crippen molar-refractivity contribution in [3.05, 3.63) is 5.01 Å². The Morgan fingerprint density at radius 1 is 1.29 bits per heavy atom. The van der Waals surface area contributed by atoms with E-state index in [1.54, 1.807) is 0 Å². The van der Waals surface area contributed by atoms with Gasteiger partial charge in [0.05, 0.1) is 5.92 Å². The Morgan fingerprint density at radius 3 is 2.71 bits per heavy atom. The number of aromatic nitrogens is 2. The van der Waals surface area contributed by atoms with Crippen LogP contribution in [0.2, 0.25) is 0 Å². The Bertz CT molecular complexity index is 529. The number of amides is 2. The monoisotopic (exact) mass is 320 g/mol. The third-order valence-electron chi connectivity index (χ3n) is 3.75. The van der Waals surface area contributed by atoms with E-state index < -0.39 is 18.1 Å². The van der Waals surface area contributed by atoms with Gasteiger partial charge in [0.1, 0.15) is 5.01 Å². The number of hydrogen-bond donors (Lipinski definition) is 1. The first-order chi connectivity index (χ1) is 9.93. The van der Waals surface area contributed by atoms with Crippen molar-refractivity contribution in [1.82, 2.24) is 15.1 Å². The maximum absolute atomic E-state index is 12.7. The van der Waals surface area contributed by atoms with Crippen LogP contribution < -0.4 is 5.32 Å². The second-order valence-electron chi connectivity index (χ2n) is 5.48. The molecule has 0 unspecified atom stereocenters. The van der Waals surface area contributed by atoms with Crippen molar-refractivity contribution in [2.24, 2.45) is 5.92 Å². The zero-order valence-electron chi connectivity index (χ0n) is 11.2. The minimum absolute atomic E-state index is 0.0813. The Morgan fingerprint density at radius 2 is 2.05 bits per heavy atom. The fraction of sp³-hybridized carbons (Fsp3) is 0.750. The minimum atomic E-state index is -4.25. The summed E-state index contributed by atoms with van der Waals surface area (Å²) in [5, 5.41) is 11.6. The number of anilines is 1. The maximum Gasteiger partial charge on any atom is 0.393 e. The first-order valence-electron chi connectivity index (χ1n) is 6.89. The molecule has 1 aromatic rings. The van der Waals surface area contributed by atoms with Gasteiger partial charge in [-0.1, -0.05) is 11.3 Å². The summed E-state index contributed by atoms with van der Waals surface area (Å²) in [5.41, 5.74) is 0. The zero-order chi connectivity index (χ0) is 15.0. The van der Waals surface area contributed by atoms with Gasteiger partial charge in [-0.25, -0.2) is 4.79 Å². The third-order valence-corrected chi connectivity index (χ3v) is 4.75. The van der Waals surface area contributed by atoms with Crippen LogP contribution in [0.3, 0.4) is 0 Å². The lowest BCUT2D eigenvalue weighted by Crippen LogP contribution is -2.46. The standard InChI is InChI=1S/C12H15F3N4OS/c13-12(14,15)8-2-1-5-19(6-8)11(20)16-10-18-17-9(21-10)7-3-4-7/h7-8H,1-6H2,(H,16,18,20)/t8-/m0/s1. The predicted molar refractivity (Wildman–Crippen MR) is 71.3 cm³/mol. The number of hydrogen-bond acceptors (Lipinski definition) is 4. The van der Waals surface area contributed by atoms with Crippen molar-refractivity contribution in [2.75, 3.05) is 18.4 Å². The van der Waals surface area contributed by atoms with Gasteiger partial charge in [-0.15, -0.1) is 10.2 Å². The molecule has 1 aliphatic heterocycles. The summed E-state index contributed by atoms with van der Waals surface area (Å²) in [6.07, 6.45) is -1.64.